The predicted molar refractivity (Wildman–Crippen MR) is 120 cm³/mol. The number of hydrogen-bond donors (Lipinski definition) is 1. The van der Waals surface area contributed by atoms with Crippen molar-refractivity contribution in [2.45, 2.75) is 45.7 Å². The van der Waals surface area contributed by atoms with Crippen LogP contribution in [0.3, 0.4) is 0 Å². The normalized spacial score (nSPS) is 17.0. The van der Waals surface area contributed by atoms with Gasteiger partial charge in [-0.2, -0.15) is 5.26 Å². The van der Waals surface area contributed by atoms with Gasteiger partial charge in [0.1, 0.15) is 5.82 Å². The van der Waals surface area contributed by atoms with Crippen LogP contribution in [0.4, 0.5) is 10.9 Å². The summed E-state index contributed by atoms with van der Waals surface area (Å²) in [6, 6.07) is 10.5. The predicted octanol–water partition coefficient (Wildman–Crippen LogP) is 5.75. The van der Waals surface area contributed by atoms with Gasteiger partial charge in [0.2, 0.25) is 0 Å². The van der Waals surface area contributed by atoms with E-state index in [9.17, 15) is 0 Å². The fourth-order valence-corrected chi connectivity index (χ4v) is 5.76. The third-order valence-corrected chi connectivity index (χ3v) is 6.90. The molecule has 4 rings (SSSR count). The van der Waals surface area contributed by atoms with Gasteiger partial charge in [-0.1, -0.05) is 13.8 Å². The number of thiophene rings is 1. The zero-order valence-corrected chi connectivity index (χ0v) is 18.4. The average molecular weight is 424 g/mol. The van der Waals surface area contributed by atoms with Gasteiger partial charge in [0.25, 0.3) is 0 Å². The minimum Gasteiger partial charge on any atom is -0.316 e. The number of nitrogens with zero attached hydrogens (tertiary/aromatic N) is 4. The molecule has 150 valence electrons. The topological polar surface area (TPSA) is 64.8 Å². The molecule has 3 aromatic heterocycles. The zero-order chi connectivity index (χ0) is 20.2. The summed E-state index contributed by atoms with van der Waals surface area (Å²) < 4.78 is 0. The smallest absolute Gasteiger partial charge is 0.188 e. The van der Waals surface area contributed by atoms with Gasteiger partial charge < -0.3 is 5.32 Å². The highest BCUT2D eigenvalue weighted by Crippen LogP contribution is 2.36. The van der Waals surface area contributed by atoms with Crippen LogP contribution in [-0.4, -0.2) is 21.4 Å². The third-order valence-electron chi connectivity index (χ3n) is 5.04. The first kappa shape index (κ1) is 20.0. The van der Waals surface area contributed by atoms with E-state index in [0.717, 1.165) is 36.8 Å². The Balaban J connectivity index is 1.42. The maximum atomic E-state index is 9.05. The maximum Gasteiger partial charge on any atom is 0.188 e. The van der Waals surface area contributed by atoms with Gasteiger partial charge in [-0.15, -0.1) is 22.7 Å². The molecule has 0 spiro atoms. The summed E-state index contributed by atoms with van der Waals surface area (Å²) >= 11 is 3.54. The van der Waals surface area contributed by atoms with Crippen LogP contribution in [-0.2, 0) is 13.0 Å². The first-order valence-corrected chi connectivity index (χ1v) is 11.7. The van der Waals surface area contributed by atoms with Gasteiger partial charge in [-0.25, -0.2) is 9.97 Å². The number of pyridine rings is 1. The van der Waals surface area contributed by atoms with Crippen molar-refractivity contribution in [2.75, 3.05) is 11.9 Å². The summed E-state index contributed by atoms with van der Waals surface area (Å²) in [5, 5.41) is 15.3. The van der Waals surface area contributed by atoms with Crippen LogP contribution in [0.2, 0.25) is 0 Å². The van der Waals surface area contributed by atoms with Gasteiger partial charge in [0.15, 0.2) is 5.13 Å². The second-order valence-corrected chi connectivity index (χ2v) is 9.95. The number of hydrogen-bond acceptors (Lipinski definition) is 7. The van der Waals surface area contributed by atoms with E-state index in [0.29, 0.717) is 23.3 Å². The second kappa shape index (κ2) is 9.04. The first-order chi connectivity index (χ1) is 14.1. The molecule has 0 amide bonds. The van der Waals surface area contributed by atoms with Gasteiger partial charge in [-0.3, -0.25) is 4.90 Å². The van der Waals surface area contributed by atoms with Gasteiger partial charge in [-0.05, 0) is 56.0 Å². The van der Waals surface area contributed by atoms with Gasteiger partial charge in [0, 0.05) is 27.9 Å². The summed E-state index contributed by atoms with van der Waals surface area (Å²) in [6.07, 6.45) is 5.16. The van der Waals surface area contributed by atoms with Crippen LogP contribution in [0.25, 0.3) is 0 Å². The average Bonchev–Trinajstić information content (AvgIpc) is 3.43. The van der Waals surface area contributed by atoms with Gasteiger partial charge in [0.05, 0.1) is 23.4 Å². The quantitative estimate of drug-likeness (QED) is 0.524. The minimum absolute atomic E-state index is 0.371. The van der Waals surface area contributed by atoms with Crippen molar-refractivity contribution in [3.63, 3.8) is 0 Å². The fraction of sp³-hybridized carbons (Fsp3) is 0.409. The molecule has 1 saturated heterocycles. The number of likely N-dealkylation sites (tertiary alicyclic amines) is 1. The molecule has 0 aliphatic carbocycles. The maximum absolute atomic E-state index is 9.05. The van der Waals surface area contributed by atoms with Crippen LogP contribution >= 0.6 is 22.7 Å². The number of thiazole rings is 1. The molecule has 1 fully saturated rings. The Morgan fingerprint density at radius 1 is 1.31 bits per heavy atom. The number of anilines is 2. The Labute approximate surface area is 180 Å². The summed E-state index contributed by atoms with van der Waals surface area (Å²) in [5.74, 6) is 1.36. The Bertz CT molecular complexity index is 1000. The molecule has 0 aromatic carbocycles. The van der Waals surface area contributed by atoms with Crippen LogP contribution < -0.4 is 5.32 Å². The van der Waals surface area contributed by atoms with Gasteiger partial charge >= 0.3 is 0 Å². The van der Waals surface area contributed by atoms with E-state index < -0.39 is 0 Å². The summed E-state index contributed by atoms with van der Waals surface area (Å²) in [4.78, 5) is 14.6. The van der Waals surface area contributed by atoms with Crippen molar-refractivity contribution in [3.05, 3.63) is 56.9 Å². The van der Waals surface area contributed by atoms with E-state index in [1.807, 2.05) is 11.3 Å². The summed E-state index contributed by atoms with van der Waals surface area (Å²) in [6.45, 7) is 6.67. The van der Waals surface area contributed by atoms with E-state index >= 15 is 0 Å². The lowest BCUT2D eigenvalue weighted by molar-refractivity contribution is 0.247. The van der Waals surface area contributed by atoms with Crippen LogP contribution in [0.5, 0.6) is 0 Å². The molecule has 5 nitrogen and oxygen atoms in total. The monoisotopic (exact) mass is 423 g/mol. The Morgan fingerprint density at radius 2 is 2.17 bits per heavy atom. The largest absolute Gasteiger partial charge is 0.316 e. The molecule has 1 aliphatic heterocycles. The molecule has 29 heavy (non-hydrogen) atoms. The minimum atomic E-state index is 0.371. The number of rotatable bonds is 7. The molecule has 0 bridgehead atoms. The molecule has 4 heterocycles. The highest BCUT2D eigenvalue weighted by molar-refractivity contribution is 7.13. The van der Waals surface area contributed by atoms with E-state index in [-0.39, 0.29) is 0 Å². The van der Waals surface area contributed by atoms with Crippen molar-refractivity contribution in [1.29, 1.82) is 5.26 Å². The molecule has 1 atom stereocenters. The Hall–Kier alpha value is -2.27. The first-order valence-electron chi connectivity index (χ1n) is 10.0. The number of nitrogens with one attached hydrogen (secondary N) is 1. The molecule has 1 aliphatic rings. The highest BCUT2D eigenvalue weighted by Gasteiger charge is 2.28. The van der Waals surface area contributed by atoms with E-state index in [1.165, 1.54) is 16.2 Å². The Kier molecular flexibility index (Phi) is 6.24. The lowest BCUT2D eigenvalue weighted by Gasteiger charge is -2.22. The van der Waals surface area contributed by atoms with E-state index in [1.54, 1.807) is 29.7 Å². The molecule has 0 saturated carbocycles. The third kappa shape index (κ3) is 5.02. The molecular formula is C22H25N5S2. The van der Waals surface area contributed by atoms with Crippen molar-refractivity contribution in [3.8, 4) is 6.07 Å². The number of nitriles is 1. The fourth-order valence-electron chi connectivity index (χ4n) is 3.74. The van der Waals surface area contributed by atoms with E-state index in [2.05, 4.69) is 52.6 Å². The second-order valence-electron chi connectivity index (χ2n) is 7.84. The number of aromatic nitrogens is 2. The van der Waals surface area contributed by atoms with Crippen molar-refractivity contribution < 1.29 is 0 Å². The molecule has 7 heteroatoms. The molecule has 0 unspecified atom stereocenters. The van der Waals surface area contributed by atoms with Crippen LogP contribution in [0, 0.1) is 17.2 Å². The van der Waals surface area contributed by atoms with Crippen molar-refractivity contribution >= 4 is 33.6 Å². The molecule has 0 radical (unpaired) electrons. The molecule has 1 N–H and O–H groups in total. The lowest BCUT2D eigenvalue weighted by atomic mass is 10.1. The van der Waals surface area contributed by atoms with Crippen LogP contribution in [0.15, 0.2) is 35.8 Å². The van der Waals surface area contributed by atoms with E-state index in [4.69, 9.17) is 10.2 Å². The molecular weight excluding hydrogens is 398 g/mol. The van der Waals surface area contributed by atoms with Crippen molar-refractivity contribution in [1.82, 2.24) is 14.9 Å². The summed E-state index contributed by atoms with van der Waals surface area (Å²) in [5.41, 5.74) is 1.72. The van der Waals surface area contributed by atoms with Crippen molar-refractivity contribution in [2.24, 2.45) is 5.92 Å². The lowest BCUT2D eigenvalue weighted by Crippen LogP contribution is -2.22. The standard InChI is InChI=1S/C22H25N5S2/c1-15(2)10-17-5-6-18(29-17)13-27-9-3-4-20(27)19-14-28-22(25-19)26-21-11-16(12-23)7-8-24-21/h5-8,11,14-15,20H,3-4,9-10,13H2,1-2H3,(H,24,25,26)/t20-/m0/s1. The summed E-state index contributed by atoms with van der Waals surface area (Å²) in [7, 11) is 0. The highest BCUT2D eigenvalue weighted by atomic mass is 32.1. The molecule has 3 aromatic rings. The SMILES string of the molecule is CC(C)Cc1ccc(CN2CCC[C@H]2c2csc(Nc3cc(C#N)ccn3)n2)s1. The zero-order valence-electron chi connectivity index (χ0n) is 16.8. The Morgan fingerprint density at radius 3 is 3.00 bits per heavy atom. The van der Waals surface area contributed by atoms with Crippen LogP contribution in [0.1, 0.15) is 53.7 Å².